The van der Waals surface area contributed by atoms with Gasteiger partial charge in [0.25, 0.3) is 0 Å². The first kappa shape index (κ1) is 10.3. The van der Waals surface area contributed by atoms with E-state index in [1.165, 1.54) is 0 Å². The van der Waals surface area contributed by atoms with Gasteiger partial charge in [0.1, 0.15) is 0 Å². The van der Waals surface area contributed by atoms with Crippen LogP contribution in [0.4, 0.5) is 4.79 Å². The second kappa shape index (κ2) is 4.46. The van der Waals surface area contributed by atoms with Gasteiger partial charge in [-0.3, -0.25) is 0 Å². The molecular formula is C9H17NO3. The van der Waals surface area contributed by atoms with E-state index in [2.05, 4.69) is 0 Å². The first-order valence-corrected chi connectivity index (χ1v) is 4.73. The minimum Gasteiger partial charge on any atom is -0.447 e. The van der Waals surface area contributed by atoms with Crippen LogP contribution in [0.15, 0.2) is 0 Å². The average molecular weight is 187 g/mol. The van der Waals surface area contributed by atoms with Crippen molar-refractivity contribution >= 4 is 6.09 Å². The van der Waals surface area contributed by atoms with E-state index in [-0.39, 0.29) is 24.8 Å². The summed E-state index contributed by atoms with van der Waals surface area (Å²) >= 11 is 0. The van der Waals surface area contributed by atoms with Gasteiger partial charge in [-0.15, -0.1) is 0 Å². The summed E-state index contributed by atoms with van der Waals surface area (Å²) < 4.78 is 5.04. The number of aliphatic hydroxyl groups is 1. The van der Waals surface area contributed by atoms with E-state index in [0.717, 1.165) is 12.8 Å². The van der Waals surface area contributed by atoms with Crippen LogP contribution in [0.1, 0.15) is 26.7 Å². The van der Waals surface area contributed by atoms with Gasteiger partial charge in [0.05, 0.1) is 18.8 Å². The molecule has 0 spiro atoms. The Kier molecular flexibility index (Phi) is 3.54. The molecule has 0 radical (unpaired) electrons. The van der Waals surface area contributed by atoms with Crippen LogP contribution < -0.4 is 0 Å². The fraction of sp³-hybridized carbons (Fsp3) is 0.889. The standard InChI is InChI=1S/C9H17NO3/c1-7(2)13-9(12)10-5-3-4-8(10)6-11/h7-8,11H,3-6H2,1-2H3/t8-/m1/s1. The number of rotatable bonds is 2. The van der Waals surface area contributed by atoms with Crippen molar-refractivity contribution in [3.05, 3.63) is 0 Å². The van der Waals surface area contributed by atoms with Gasteiger partial charge >= 0.3 is 6.09 Å². The number of aliphatic hydroxyl groups excluding tert-OH is 1. The van der Waals surface area contributed by atoms with Crippen LogP contribution in [0.3, 0.4) is 0 Å². The largest absolute Gasteiger partial charge is 0.447 e. The van der Waals surface area contributed by atoms with Crippen molar-refractivity contribution in [2.45, 2.75) is 38.8 Å². The van der Waals surface area contributed by atoms with Gasteiger partial charge in [-0.2, -0.15) is 0 Å². The Morgan fingerprint density at radius 3 is 2.92 bits per heavy atom. The Morgan fingerprint density at radius 2 is 2.38 bits per heavy atom. The molecule has 1 rings (SSSR count). The zero-order chi connectivity index (χ0) is 9.84. The third-order valence-corrected chi connectivity index (χ3v) is 2.16. The number of likely N-dealkylation sites (tertiary alicyclic amines) is 1. The Bertz CT molecular complexity index is 182. The van der Waals surface area contributed by atoms with Crippen molar-refractivity contribution in [2.24, 2.45) is 0 Å². The van der Waals surface area contributed by atoms with Gasteiger partial charge < -0.3 is 14.7 Å². The minimum atomic E-state index is -0.299. The average Bonchev–Trinajstić information content (AvgIpc) is 2.49. The van der Waals surface area contributed by atoms with Crippen LogP contribution in [0.2, 0.25) is 0 Å². The predicted molar refractivity (Wildman–Crippen MR) is 48.4 cm³/mol. The van der Waals surface area contributed by atoms with Crippen LogP contribution in [0.5, 0.6) is 0 Å². The summed E-state index contributed by atoms with van der Waals surface area (Å²) in [4.78, 5) is 13.0. The van der Waals surface area contributed by atoms with E-state index in [0.29, 0.717) is 6.54 Å². The maximum atomic E-state index is 11.4. The normalized spacial score (nSPS) is 22.5. The molecule has 0 aromatic heterocycles. The van der Waals surface area contributed by atoms with Crippen molar-refractivity contribution in [3.63, 3.8) is 0 Å². The molecule has 0 aromatic carbocycles. The number of hydrogen-bond acceptors (Lipinski definition) is 3. The van der Waals surface area contributed by atoms with E-state index in [1.807, 2.05) is 13.8 Å². The van der Waals surface area contributed by atoms with E-state index in [9.17, 15) is 4.79 Å². The van der Waals surface area contributed by atoms with Crippen molar-refractivity contribution < 1.29 is 14.6 Å². The molecule has 0 aliphatic carbocycles. The Labute approximate surface area is 78.5 Å². The monoisotopic (exact) mass is 187 g/mol. The quantitative estimate of drug-likeness (QED) is 0.701. The first-order chi connectivity index (χ1) is 6.15. The molecule has 1 heterocycles. The third-order valence-electron chi connectivity index (χ3n) is 2.16. The Hall–Kier alpha value is -0.770. The summed E-state index contributed by atoms with van der Waals surface area (Å²) in [5.41, 5.74) is 0. The molecule has 1 atom stereocenters. The third kappa shape index (κ3) is 2.59. The molecule has 4 nitrogen and oxygen atoms in total. The van der Waals surface area contributed by atoms with E-state index >= 15 is 0 Å². The van der Waals surface area contributed by atoms with E-state index in [4.69, 9.17) is 9.84 Å². The van der Waals surface area contributed by atoms with Crippen LogP contribution >= 0.6 is 0 Å². The lowest BCUT2D eigenvalue weighted by molar-refractivity contribution is 0.0634. The van der Waals surface area contributed by atoms with Gasteiger partial charge in [-0.05, 0) is 26.7 Å². The number of carbonyl (C=O) groups is 1. The highest BCUT2D eigenvalue weighted by molar-refractivity contribution is 5.68. The molecule has 0 unspecified atom stereocenters. The Morgan fingerprint density at radius 1 is 1.69 bits per heavy atom. The molecule has 13 heavy (non-hydrogen) atoms. The smallest absolute Gasteiger partial charge is 0.410 e. The molecular weight excluding hydrogens is 170 g/mol. The highest BCUT2D eigenvalue weighted by Gasteiger charge is 2.29. The van der Waals surface area contributed by atoms with E-state index < -0.39 is 0 Å². The lowest BCUT2D eigenvalue weighted by Crippen LogP contribution is -2.38. The van der Waals surface area contributed by atoms with Crippen LogP contribution in [0.25, 0.3) is 0 Å². The lowest BCUT2D eigenvalue weighted by atomic mass is 10.2. The highest BCUT2D eigenvalue weighted by atomic mass is 16.6. The van der Waals surface area contributed by atoms with Crippen molar-refractivity contribution in [2.75, 3.05) is 13.2 Å². The Balaban J connectivity index is 2.45. The van der Waals surface area contributed by atoms with Crippen molar-refractivity contribution in [1.82, 2.24) is 4.90 Å². The zero-order valence-electron chi connectivity index (χ0n) is 8.19. The number of hydrogen-bond donors (Lipinski definition) is 1. The van der Waals surface area contributed by atoms with Gasteiger partial charge in [-0.1, -0.05) is 0 Å². The molecule has 4 heteroatoms. The first-order valence-electron chi connectivity index (χ1n) is 4.73. The molecule has 1 N–H and O–H groups in total. The summed E-state index contributed by atoms with van der Waals surface area (Å²) in [7, 11) is 0. The number of amides is 1. The van der Waals surface area contributed by atoms with Crippen molar-refractivity contribution in [1.29, 1.82) is 0 Å². The lowest BCUT2D eigenvalue weighted by Gasteiger charge is -2.23. The fourth-order valence-corrected chi connectivity index (χ4v) is 1.54. The van der Waals surface area contributed by atoms with Gasteiger partial charge in [0, 0.05) is 6.54 Å². The maximum absolute atomic E-state index is 11.4. The SMILES string of the molecule is CC(C)OC(=O)N1CCC[C@@H]1CO. The zero-order valence-corrected chi connectivity index (χ0v) is 8.19. The molecule has 1 saturated heterocycles. The molecule has 1 fully saturated rings. The molecule has 0 saturated carbocycles. The molecule has 1 amide bonds. The van der Waals surface area contributed by atoms with Gasteiger partial charge in [0.15, 0.2) is 0 Å². The van der Waals surface area contributed by atoms with Gasteiger partial charge in [0.2, 0.25) is 0 Å². The highest BCUT2D eigenvalue weighted by Crippen LogP contribution is 2.17. The number of nitrogens with zero attached hydrogens (tertiary/aromatic N) is 1. The summed E-state index contributed by atoms with van der Waals surface area (Å²) in [6.07, 6.45) is 1.45. The van der Waals surface area contributed by atoms with Crippen LogP contribution in [-0.4, -0.2) is 41.4 Å². The summed E-state index contributed by atoms with van der Waals surface area (Å²) in [6, 6.07) is -0.0359. The summed E-state index contributed by atoms with van der Waals surface area (Å²) in [5, 5.41) is 8.97. The summed E-state index contributed by atoms with van der Waals surface area (Å²) in [6.45, 7) is 4.38. The van der Waals surface area contributed by atoms with Crippen LogP contribution in [0, 0.1) is 0 Å². The second-order valence-electron chi connectivity index (χ2n) is 3.60. The predicted octanol–water partition coefficient (Wildman–Crippen LogP) is 0.988. The molecule has 0 aromatic rings. The maximum Gasteiger partial charge on any atom is 0.410 e. The number of carbonyl (C=O) groups excluding carboxylic acids is 1. The van der Waals surface area contributed by atoms with Crippen LogP contribution in [-0.2, 0) is 4.74 Å². The molecule has 76 valence electrons. The van der Waals surface area contributed by atoms with E-state index in [1.54, 1.807) is 4.90 Å². The topological polar surface area (TPSA) is 49.8 Å². The van der Waals surface area contributed by atoms with Crippen molar-refractivity contribution in [3.8, 4) is 0 Å². The minimum absolute atomic E-state index is 0.0349. The summed E-state index contributed by atoms with van der Waals surface area (Å²) in [5.74, 6) is 0. The number of ether oxygens (including phenoxy) is 1. The molecule has 0 bridgehead atoms. The molecule has 1 aliphatic rings. The van der Waals surface area contributed by atoms with Gasteiger partial charge in [-0.25, -0.2) is 4.79 Å². The molecule has 1 aliphatic heterocycles. The fourth-order valence-electron chi connectivity index (χ4n) is 1.54. The second-order valence-corrected chi connectivity index (χ2v) is 3.60.